The van der Waals surface area contributed by atoms with Crippen LogP contribution in [0, 0.1) is 0 Å². The van der Waals surface area contributed by atoms with Crippen LogP contribution in [0.15, 0.2) is 24.3 Å². The molecule has 1 aliphatic heterocycles. The quantitative estimate of drug-likeness (QED) is 0.499. The van der Waals surface area contributed by atoms with Gasteiger partial charge in [0.25, 0.3) is 0 Å². The molecule has 160 valence electrons. The van der Waals surface area contributed by atoms with Crippen LogP contribution in [0.4, 0.5) is 0 Å². The molecule has 0 saturated carbocycles. The molecular weight excluding hydrogens is 368 g/mol. The minimum absolute atomic E-state index is 0.199. The Morgan fingerprint density at radius 1 is 0.964 bits per heavy atom. The van der Waals surface area contributed by atoms with Gasteiger partial charge in [0.05, 0.1) is 24.4 Å². The molecule has 28 heavy (non-hydrogen) atoms. The van der Waals surface area contributed by atoms with E-state index in [9.17, 15) is 30.0 Å². The number of ether oxygens (including phenoxy) is 2. The third-order valence-corrected chi connectivity index (χ3v) is 4.30. The lowest BCUT2D eigenvalue weighted by atomic mass is 10.0. The predicted octanol–water partition coefficient (Wildman–Crippen LogP) is 0.760. The van der Waals surface area contributed by atoms with E-state index in [1.54, 1.807) is 13.8 Å². The summed E-state index contributed by atoms with van der Waals surface area (Å²) in [4.78, 5) is 23.7. The first-order valence-corrected chi connectivity index (χ1v) is 9.65. The number of aliphatic hydroxyl groups is 4. The zero-order chi connectivity index (χ0) is 21.1. The Kier molecular flexibility index (Phi) is 11.0. The first-order chi connectivity index (χ1) is 13.2. The highest BCUT2D eigenvalue weighted by molar-refractivity contribution is 5.82. The predicted molar refractivity (Wildman–Crippen MR) is 101 cm³/mol. The molecule has 0 spiro atoms. The molecule has 4 N–H and O–H groups in total. The minimum atomic E-state index is -0.945. The third kappa shape index (κ3) is 11.2. The van der Waals surface area contributed by atoms with Crippen molar-refractivity contribution in [2.45, 2.75) is 89.0 Å². The fraction of sp³-hybridized carbons (Fsp3) is 0.700. The van der Waals surface area contributed by atoms with E-state index >= 15 is 0 Å². The fourth-order valence-corrected chi connectivity index (χ4v) is 2.89. The highest BCUT2D eigenvalue weighted by atomic mass is 16.5. The van der Waals surface area contributed by atoms with Gasteiger partial charge in [0.2, 0.25) is 0 Å². The van der Waals surface area contributed by atoms with Crippen molar-refractivity contribution in [2.24, 2.45) is 0 Å². The summed E-state index contributed by atoms with van der Waals surface area (Å²) < 4.78 is 10.4. The summed E-state index contributed by atoms with van der Waals surface area (Å²) in [6.45, 7) is 3.22. The van der Waals surface area contributed by atoms with E-state index in [0.717, 1.165) is 12.2 Å². The van der Waals surface area contributed by atoms with Gasteiger partial charge in [-0.05, 0) is 51.7 Å². The summed E-state index contributed by atoms with van der Waals surface area (Å²) in [7, 11) is 0. The maximum atomic E-state index is 12.0. The second-order valence-corrected chi connectivity index (χ2v) is 7.29. The van der Waals surface area contributed by atoms with E-state index in [1.165, 1.54) is 12.2 Å². The number of hydrogen-bond acceptors (Lipinski definition) is 8. The number of esters is 2. The lowest BCUT2D eigenvalue weighted by Gasteiger charge is -2.20. The third-order valence-electron chi connectivity index (χ3n) is 4.30. The van der Waals surface area contributed by atoms with Gasteiger partial charge in [-0.3, -0.25) is 0 Å². The average Bonchev–Trinajstić information content (AvgIpc) is 2.59. The van der Waals surface area contributed by atoms with Gasteiger partial charge in [0, 0.05) is 25.0 Å². The van der Waals surface area contributed by atoms with Gasteiger partial charge >= 0.3 is 11.9 Å². The van der Waals surface area contributed by atoms with Crippen LogP contribution in [0.5, 0.6) is 0 Å². The maximum absolute atomic E-state index is 12.0. The number of aliphatic hydroxyl groups excluding tert-OH is 4. The molecule has 0 fully saturated rings. The van der Waals surface area contributed by atoms with Crippen LogP contribution < -0.4 is 0 Å². The van der Waals surface area contributed by atoms with Crippen molar-refractivity contribution >= 4 is 11.9 Å². The standard InChI is InChI=1S/C20H32O8/c1-13(21)11-18-8-5-16(23)6-9-19(25)27-14(2)12-17(24)4-3-15(22)7-10-20(26)28-18/h6-7,9-10,13-18,21-24H,3-5,8,11-12H2,1-2H3/t13-,14-,15+,16+,17-,18-/m0/s1. The summed E-state index contributed by atoms with van der Waals surface area (Å²) in [5.41, 5.74) is 0. The molecule has 0 saturated heterocycles. The number of carbonyl (C=O) groups is 2. The van der Waals surface area contributed by atoms with Crippen LogP contribution in [0.25, 0.3) is 0 Å². The van der Waals surface area contributed by atoms with Gasteiger partial charge < -0.3 is 29.9 Å². The van der Waals surface area contributed by atoms with Crippen LogP contribution in [-0.4, -0.2) is 69.0 Å². The van der Waals surface area contributed by atoms with Crippen molar-refractivity contribution in [1.82, 2.24) is 0 Å². The lowest BCUT2D eigenvalue weighted by Crippen LogP contribution is -2.24. The van der Waals surface area contributed by atoms with E-state index in [1.807, 2.05) is 0 Å². The molecule has 0 amide bonds. The van der Waals surface area contributed by atoms with E-state index < -0.39 is 48.6 Å². The first kappa shape index (κ1) is 24.3. The molecule has 0 aromatic heterocycles. The molecule has 6 atom stereocenters. The van der Waals surface area contributed by atoms with Crippen molar-refractivity contribution < 1.29 is 39.5 Å². The summed E-state index contributed by atoms with van der Waals surface area (Å²) in [6.07, 6.45) is 1.75. The number of carbonyl (C=O) groups excluding carboxylic acids is 2. The Bertz CT molecular complexity index is 542. The van der Waals surface area contributed by atoms with E-state index in [4.69, 9.17) is 9.47 Å². The highest BCUT2D eigenvalue weighted by Crippen LogP contribution is 2.15. The molecule has 0 aromatic rings. The van der Waals surface area contributed by atoms with Gasteiger partial charge in [-0.1, -0.05) is 0 Å². The summed E-state index contributed by atoms with van der Waals surface area (Å²) >= 11 is 0. The molecular formula is C20H32O8. The molecule has 0 aromatic carbocycles. The summed E-state index contributed by atoms with van der Waals surface area (Å²) in [5, 5.41) is 39.5. The van der Waals surface area contributed by atoms with Crippen LogP contribution in [-0.2, 0) is 19.1 Å². The normalized spacial score (nSPS) is 32.7. The van der Waals surface area contributed by atoms with Crippen LogP contribution in [0.2, 0.25) is 0 Å². The molecule has 1 heterocycles. The average molecular weight is 400 g/mol. The van der Waals surface area contributed by atoms with Crippen LogP contribution >= 0.6 is 0 Å². The Labute approximate surface area is 165 Å². The largest absolute Gasteiger partial charge is 0.459 e. The summed E-state index contributed by atoms with van der Waals surface area (Å²) in [5.74, 6) is -1.29. The number of rotatable bonds is 2. The van der Waals surface area contributed by atoms with Gasteiger partial charge in [-0.25, -0.2) is 9.59 Å². The zero-order valence-electron chi connectivity index (χ0n) is 16.4. The molecule has 0 aliphatic carbocycles. The first-order valence-electron chi connectivity index (χ1n) is 9.65. The van der Waals surface area contributed by atoms with Crippen molar-refractivity contribution in [3.63, 3.8) is 0 Å². The molecule has 1 rings (SSSR count). The Balaban J connectivity index is 2.84. The van der Waals surface area contributed by atoms with Gasteiger partial charge in [0.1, 0.15) is 12.2 Å². The Hall–Kier alpha value is -1.74. The van der Waals surface area contributed by atoms with Crippen molar-refractivity contribution in [3.05, 3.63) is 24.3 Å². The maximum Gasteiger partial charge on any atom is 0.330 e. The van der Waals surface area contributed by atoms with Crippen molar-refractivity contribution in [3.8, 4) is 0 Å². The second kappa shape index (κ2) is 12.7. The Morgan fingerprint density at radius 2 is 1.50 bits per heavy atom. The minimum Gasteiger partial charge on any atom is -0.459 e. The molecule has 0 unspecified atom stereocenters. The number of cyclic esters (lactones) is 2. The lowest BCUT2D eigenvalue weighted by molar-refractivity contribution is -0.145. The van der Waals surface area contributed by atoms with Crippen LogP contribution in [0.3, 0.4) is 0 Å². The molecule has 0 radical (unpaired) electrons. The van der Waals surface area contributed by atoms with Crippen molar-refractivity contribution in [2.75, 3.05) is 0 Å². The smallest absolute Gasteiger partial charge is 0.330 e. The topological polar surface area (TPSA) is 134 Å². The number of hydrogen-bond donors (Lipinski definition) is 4. The Morgan fingerprint density at radius 3 is 2.07 bits per heavy atom. The van der Waals surface area contributed by atoms with Gasteiger partial charge in [-0.2, -0.15) is 0 Å². The van der Waals surface area contributed by atoms with Gasteiger partial charge in [-0.15, -0.1) is 0 Å². The molecule has 8 nitrogen and oxygen atoms in total. The highest BCUT2D eigenvalue weighted by Gasteiger charge is 2.19. The molecule has 0 bridgehead atoms. The monoisotopic (exact) mass is 400 g/mol. The van der Waals surface area contributed by atoms with E-state index in [-0.39, 0.29) is 38.5 Å². The zero-order valence-corrected chi connectivity index (χ0v) is 16.4. The van der Waals surface area contributed by atoms with Crippen molar-refractivity contribution in [1.29, 1.82) is 0 Å². The van der Waals surface area contributed by atoms with Crippen LogP contribution in [0.1, 0.15) is 52.4 Å². The SMILES string of the molecule is C[C@H](O)C[C@@H]1CC[C@@H](O)C=CC(=O)O[C@@H](C)C[C@@H](O)CC[C@@H](O)C=CC(=O)O1. The fourth-order valence-electron chi connectivity index (χ4n) is 2.89. The molecule has 8 heteroatoms. The summed E-state index contributed by atoms with van der Waals surface area (Å²) in [6, 6.07) is 0. The van der Waals surface area contributed by atoms with Gasteiger partial charge in [0.15, 0.2) is 0 Å². The molecule has 1 aliphatic rings. The van der Waals surface area contributed by atoms with E-state index in [2.05, 4.69) is 0 Å². The second-order valence-electron chi connectivity index (χ2n) is 7.29. The van der Waals surface area contributed by atoms with E-state index in [0.29, 0.717) is 0 Å².